The van der Waals surface area contributed by atoms with Crippen molar-refractivity contribution in [1.82, 2.24) is 14.6 Å². The van der Waals surface area contributed by atoms with Crippen molar-refractivity contribution in [2.45, 2.75) is 26.3 Å². The number of hydrogen-bond acceptors (Lipinski definition) is 5. The summed E-state index contributed by atoms with van der Waals surface area (Å²) in [6.07, 6.45) is -1.32. The van der Waals surface area contributed by atoms with Crippen LogP contribution in [0.1, 0.15) is 36.3 Å². The molecule has 0 radical (unpaired) electrons. The number of fused-ring (bicyclic) bond motifs is 1. The van der Waals surface area contributed by atoms with Crippen LogP contribution in [0.3, 0.4) is 0 Å². The van der Waals surface area contributed by atoms with E-state index >= 15 is 0 Å². The van der Waals surface area contributed by atoms with E-state index in [-0.39, 0.29) is 11.1 Å². The maximum Gasteiger partial charge on any atom is 0.271 e. The molecule has 3 aromatic rings. The molecule has 9 heteroatoms. The molecule has 1 atom stereocenters. The molecule has 1 aromatic carbocycles. The van der Waals surface area contributed by atoms with Gasteiger partial charge in [-0.2, -0.15) is 0 Å². The molecule has 0 aliphatic heterocycles. The Kier molecular flexibility index (Phi) is 5.26. The SMILES string of the molecule is Cc1nc(N[C@H](C)c2cccc(C(F)F)c2F)c2cn(N(C)C)c(=O)cc2n1. The summed E-state index contributed by atoms with van der Waals surface area (Å²) in [5.41, 5.74) is -0.364. The van der Waals surface area contributed by atoms with Crippen molar-refractivity contribution >= 4 is 16.7 Å². The van der Waals surface area contributed by atoms with Gasteiger partial charge >= 0.3 is 0 Å². The molecule has 28 heavy (non-hydrogen) atoms. The number of rotatable bonds is 5. The Morgan fingerprint density at radius 1 is 1.18 bits per heavy atom. The van der Waals surface area contributed by atoms with Crippen molar-refractivity contribution in [3.63, 3.8) is 0 Å². The van der Waals surface area contributed by atoms with E-state index < -0.39 is 23.8 Å². The van der Waals surface area contributed by atoms with Gasteiger partial charge in [0.2, 0.25) is 0 Å². The number of hydrogen-bond donors (Lipinski definition) is 1. The topological polar surface area (TPSA) is 63.1 Å². The Bertz CT molecular complexity index is 1080. The maximum atomic E-state index is 14.5. The third-order valence-corrected chi connectivity index (χ3v) is 4.37. The van der Waals surface area contributed by atoms with Crippen LogP contribution in [-0.4, -0.2) is 28.7 Å². The average Bonchev–Trinajstić information content (AvgIpc) is 2.60. The van der Waals surface area contributed by atoms with E-state index in [9.17, 15) is 18.0 Å². The van der Waals surface area contributed by atoms with Crippen LogP contribution in [0.2, 0.25) is 0 Å². The van der Waals surface area contributed by atoms with Crippen molar-refractivity contribution in [1.29, 1.82) is 0 Å². The molecule has 0 saturated carbocycles. The fourth-order valence-corrected chi connectivity index (χ4v) is 2.99. The van der Waals surface area contributed by atoms with Crippen LogP contribution in [0, 0.1) is 12.7 Å². The number of pyridine rings is 1. The number of anilines is 1. The molecule has 1 N–H and O–H groups in total. The monoisotopic (exact) mass is 391 g/mol. The molecule has 0 bridgehead atoms. The summed E-state index contributed by atoms with van der Waals surface area (Å²) in [6.45, 7) is 3.32. The van der Waals surface area contributed by atoms with Gasteiger partial charge in [-0.3, -0.25) is 4.79 Å². The first-order valence-corrected chi connectivity index (χ1v) is 8.60. The number of halogens is 3. The van der Waals surface area contributed by atoms with E-state index in [1.807, 2.05) is 0 Å². The quantitative estimate of drug-likeness (QED) is 0.721. The second-order valence-corrected chi connectivity index (χ2v) is 6.64. The Hall–Kier alpha value is -3.10. The van der Waals surface area contributed by atoms with Gasteiger partial charge < -0.3 is 10.3 Å². The third kappa shape index (κ3) is 3.64. The van der Waals surface area contributed by atoms with E-state index in [4.69, 9.17) is 0 Å². The van der Waals surface area contributed by atoms with E-state index in [1.165, 1.54) is 22.9 Å². The van der Waals surface area contributed by atoms with Crippen LogP contribution < -0.4 is 15.9 Å². The second kappa shape index (κ2) is 7.49. The van der Waals surface area contributed by atoms with Crippen LogP contribution in [0.15, 0.2) is 35.3 Å². The summed E-state index contributed by atoms with van der Waals surface area (Å²) >= 11 is 0. The average molecular weight is 391 g/mol. The fraction of sp³-hybridized carbons (Fsp3) is 0.316. The van der Waals surface area contributed by atoms with Crippen LogP contribution in [0.25, 0.3) is 10.9 Å². The molecule has 148 valence electrons. The fourth-order valence-electron chi connectivity index (χ4n) is 2.99. The Morgan fingerprint density at radius 3 is 2.50 bits per heavy atom. The Labute approximate surface area is 159 Å². The summed E-state index contributed by atoms with van der Waals surface area (Å²) in [4.78, 5) is 20.8. The predicted molar refractivity (Wildman–Crippen MR) is 102 cm³/mol. The first-order valence-electron chi connectivity index (χ1n) is 8.60. The zero-order valence-corrected chi connectivity index (χ0v) is 15.9. The summed E-state index contributed by atoms with van der Waals surface area (Å²) in [5, 5.41) is 5.21. The van der Waals surface area contributed by atoms with Gasteiger partial charge in [0.05, 0.1) is 22.5 Å². The summed E-state index contributed by atoms with van der Waals surface area (Å²) in [6, 6.07) is 4.65. The van der Waals surface area contributed by atoms with Gasteiger partial charge in [0.1, 0.15) is 17.5 Å². The highest BCUT2D eigenvalue weighted by atomic mass is 19.3. The minimum absolute atomic E-state index is 0.100. The third-order valence-electron chi connectivity index (χ3n) is 4.37. The number of benzene rings is 1. The van der Waals surface area contributed by atoms with E-state index in [1.54, 1.807) is 39.1 Å². The van der Waals surface area contributed by atoms with Gasteiger partial charge in [-0.25, -0.2) is 27.8 Å². The molecule has 0 saturated heterocycles. The molecule has 2 aromatic heterocycles. The standard InChI is InChI=1S/C19H20F3N5O/c1-10(12-6-5-7-13(17(12)20)18(21)22)23-19-14-9-27(26(3)4)16(28)8-15(14)24-11(2)25-19/h5-10,18H,1-4H3,(H,23,24,25)/t10-/m1/s1. The van der Waals surface area contributed by atoms with Crippen molar-refractivity contribution in [3.8, 4) is 0 Å². The number of alkyl halides is 2. The maximum absolute atomic E-state index is 14.5. The van der Waals surface area contributed by atoms with Gasteiger partial charge in [0.25, 0.3) is 12.0 Å². The van der Waals surface area contributed by atoms with Crippen LogP contribution in [0.5, 0.6) is 0 Å². The van der Waals surface area contributed by atoms with Gasteiger partial charge in [-0.1, -0.05) is 18.2 Å². The molecule has 0 amide bonds. The lowest BCUT2D eigenvalue weighted by Crippen LogP contribution is -2.35. The molecule has 2 heterocycles. The van der Waals surface area contributed by atoms with Gasteiger partial charge in [-0.05, 0) is 13.8 Å². The Morgan fingerprint density at radius 2 is 1.86 bits per heavy atom. The number of aromatic nitrogens is 3. The molecule has 3 rings (SSSR count). The summed E-state index contributed by atoms with van der Waals surface area (Å²) in [7, 11) is 3.42. The molecule has 0 fully saturated rings. The highest BCUT2D eigenvalue weighted by Crippen LogP contribution is 2.30. The van der Waals surface area contributed by atoms with Crippen molar-refractivity contribution in [2.75, 3.05) is 24.4 Å². The van der Waals surface area contributed by atoms with Crippen molar-refractivity contribution in [2.24, 2.45) is 0 Å². The largest absolute Gasteiger partial charge is 0.363 e. The van der Waals surface area contributed by atoms with Crippen molar-refractivity contribution in [3.05, 3.63) is 63.6 Å². The van der Waals surface area contributed by atoms with E-state index in [0.29, 0.717) is 22.5 Å². The van der Waals surface area contributed by atoms with Crippen LogP contribution in [-0.2, 0) is 0 Å². The van der Waals surface area contributed by atoms with Crippen LogP contribution in [0.4, 0.5) is 19.0 Å². The second-order valence-electron chi connectivity index (χ2n) is 6.64. The van der Waals surface area contributed by atoms with Gasteiger partial charge in [0.15, 0.2) is 0 Å². The summed E-state index contributed by atoms with van der Waals surface area (Å²) < 4.78 is 41.9. The van der Waals surface area contributed by atoms with Gasteiger partial charge in [0, 0.05) is 31.9 Å². The smallest absolute Gasteiger partial charge is 0.271 e. The zero-order valence-electron chi connectivity index (χ0n) is 15.9. The molecule has 0 unspecified atom stereocenters. The lowest BCUT2D eigenvalue weighted by molar-refractivity contribution is 0.146. The molecule has 0 aliphatic rings. The molecule has 0 aliphatic carbocycles. The minimum atomic E-state index is -2.90. The molecule has 6 nitrogen and oxygen atoms in total. The summed E-state index contributed by atoms with van der Waals surface area (Å²) in [5.74, 6) is -0.142. The van der Waals surface area contributed by atoms with E-state index in [0.717, 1.165) is 6.07 Å². The molecular formula is C19H20F3N5O. The van der Waals surface area contributed by atoms with Gasteiger partial charge in [-0.15, -0.1) is 0 Å². The van der Waals surface area contributed by atoms with Crippen LogP contribution >= 0.6 is 0 Å². The highest BCUT2D eigenvalue weighted by Gasteiger charge is 2.20. The van der Waals surface area contributed by atoms with Crippen molar-refractivity contribution < 1.29 is 13.2 Å². The number of aryl methyl sites for hydroxylation is 1. The molecule has 0 spiro atoms. The predicted octanol–water partition coefficient (Wildman–Crippen LogP) is 3.55. The zero-order chi connectivity index (χ0) is 20.6. The highest BCUT2D eigenvalue weighted by molar-refractivity contribution is 5.88. The normalized spacial score (nSPS) is 12.4. The minimum Gasteiger partial charge on any atom is -0.363 e. The lowest BCUT2D eigenvalue weighted by Gasteiger charge is -2.20. The lowest BCUT2D eigenvalue weighted by atomic mass is 10.0. The number of nitrogens with zero attached hydrogens (tertiary/aromatic N) is 4. The first-order chi connectivity index (χ1) is 13.2. The molecular weight excluding hydrogens is 371 g/mol. The first kappa shape index (κ1) is 19.7. The van der Waals surface area contributed by atoms with E-state index in [2.05, 4.69) is 15.3 Å². The Balaban J connectivity index is 2.08. The number of nitrogens with one attached hydrogen (secondary N) is 1.